The van der Waals surface area contributed by atoms with Gasteiger partial charge in [-0.1, -0.05) is 32.0 Å². The second-order valence-electron chi connectivity index (χ2n) is 7.08. The van der Waals surface area contributed by atoms with E-state index in [0.29, 0.717) is 30.1 Å². The minimum Gasteiger partial charge on any atom is -0.449 e. The molecule has 0 aliphatic carbocycles. The molecule has 0 atom stereocenters. The molecule has 0 saturated carbocycles. The van der Waals surface area contributed by atoms with Crippen LogP contribution in [0.3, 0.4) is 0 Å². The van der Waals surface area contributed by atoms with Crippen LogP contribution < -0.4 is 10.6 Å². The maximum atomic E-state index is 12.5. The number of amides is 2. The first-order valence-electron chi connectivity index (χ1n) is 9.39. The Balaban J connectivity index is 1.58. The van der Waals surface area contributed by atoms with Crippen LogP contribution in [0.4, 0.5) is 16.2 Å². The van der Waals surface area contributed by atoms with Crippen LogP contribution in [0, 0.1) is 5.92 Å². The third kappa shape index (κ3) is 6.21. The lowest BCUT2D eigenvalue weighted by Crippen LogP contribution is -2.17. The third-order valence-corrected chi connectivity index (χ3v) is 4.06. The van der Waals surface area contributed by atoms with Gasteiger partial charge in [0.1, 0.15) is 0 Å². The average molecular weight is 392 g/mol. The quantitative estimate of drug-likeness (QED) is 0.624. The maximum Gasteiger partial charge on any atom is 0.411 e. The molecule has 1 heterocycles. The van der Waals surface area contributed by atoms with E-state index < -0.39 is 6.09 Å². The minimum absolute atomic E-state index is 0.223. The van der Waals surface area contributed by atoms with Gasteiger partial charge in [0.2, 0.25) is 0 Å². The molecule has 3 aromatic rings. The zero-order valence-electron chi connectivity index (χ0n) is 16.5. The average Bonchev–Trinajstić information content (AvgIpc) is 3.20. The molecule has 0 aliphatic rings. The van der Waals surface area contributed by atoms with Crippen molar-refractivity contribution < 1.29 is 14.3 Å². The molecule has 7 heteroatoms. The largest absolute Gasteiger partial charge is 0.449 e. The lowest BCUT2D eigenvalue weighted by molar-refractivity contribution is 0.102. The van der Waals surface area contributed by atoms with Crippen LogP contribution in [-0.4, -0.2) is 28.2 Å². The highest BCUT2D eigenvalue weighted by atomic mass is 16.5. The molecule has 0 radical (unpaired) electrons. The van der Waals surface area contributed by atoms with Gasteiger partial charge in [-0.05, 0) is 41.8 Å². The van der Waals surface area contributed by atoms with Crippen molar-refractivity contribution in [2.75, 3.05) is 17.2 Å². The van der Waals surface area contributed by atoms with Crippen LogP contribution in [0.25, 0.3) is 0 Å². The Morgan fingerprint density at radius 1 is 1.07 bits per heavy atom. The summed E-state index contributed by atoms with van der Waals surface area (Å²) in [6.45, 7) is 4.98. The molecule has 0 saturated heterocycles. The molecule has 1 aromatic heterocycles. The van der Waals surface area contributed by atoms with Crippen molar-refractivity contribution in [1.29, 1.82) is 0 Å². The van der Waals surface area contributed by atoms with E-state index >= 15 is 0 Å². The van der Waals surface area contributed by atoms with E-state index in [1.54, 1.807) is 48.9 Å². The second-order valence-corrected chi connectivity index (χ2v) is 7.08. The molecule has 2 aromatic carbocycles. The Morgan fingerprint density at radius 2 is 1.79 bits per heavy atom. The molecule has 3 rings (SSSR count). The summed E-state index contributed by atoms with van der Waals surface area (Å²) < 4.78 is 7.06. The van der Waals surface area contributed by atoms with Crippen molar-refractivity contribution in [3.05, 3.63) is 78.4 Å². The first-order chi connectivity index (χ1) is 14.0. The van der Waals surface area contributed by atoms with Crippen molar-refractivity contribution in [2.45, 2.75) is 20.4 Å². The van der Waals surface area contributed by atoms with E-state index in [0.717, 1.165) is 5.56 Å². The van der Waals surface area contributed by atoms with Crippen LogP contribution in [0.1, 0.15) is 29.8 Å². The van der Waals surface area contributed by atoms with Crippen LogP contribution in [0.5, 0.6) is 0 Å². The normalized spacial score (nSPS) is 10.6. The summed E-state index contributed by atoms with van der Waals surface area (Å²) in [4.78, 5) is 28.3. The van der Waals surface area contributed by atoms with Gasteiger partial charge in [0, 0.05) is 35.9 Å². The van der Waals surface area contributed by atoms with E-state index in [4.69, 9.17) is 4.74 Å². The van der Waals surface area contributed by atoms with Gasteiger partial charge < -0.3 is 14.6 Å². The molecule has 0 fully saturated rings. The van der Waals surface area contributed by atoms with Crippen LogP contribution >= 0.6 is 0 Å². The van der Waals surface area contributed by atoms with Gasteiger partial charge in [0.05, 0.1) is 12.9 Å². The lowest BCUT2D eigenvalue weighted by atomic mass is 10.1. The highest BCUT2D eigenvalue weighted by Crippen LogP contribution is 2.17. The van der Waals surface area contributed by atoms with Crippen molar-refractivity contribution in [3.63, 3.8) is 0 Å². The fourth-order valence-electron chi connectivity index (χ4n) is 2.63. The Kier molecular flexibility index (Phi) is 6.63. The predicted molar refractivity (Wildman–Crippen MR) is 112 cm³/mol. The molecule has 7 nitrogen and oxygen atoms in total. The van der Waals surface area contributed by atoms with Gasteiger partial charge in [-0.3, -0.25) is 10.1 Å². The molecular weight excluding hydrogens is 368 g/mol. The summed E-state index contributed by atoms with van der Waals surface area (Å²) in [6.07, 6.45) is 4.85. The highest BCUT2D eigenvalue weighted by molar-refractivity contribution is 6.04. The Hall–Kier alpha value is -3.61. The van der Waals surface area contributed by atoms with E-state index in [1.165, 1.54) is 0 Å². The van der Waals surface area contributed by atoms with E-state index in [-0.39, 0.29) is 11.8 Å². The lowest BCUT2D eigenvalue weighted by Gasteiger charge is -2.11. The van der Waals surface area contributed by atoms with Gasteiger partial charge in [-0.15, -0.1) is 0 Å². The summed E-state index contributed by atoms with van der Waals surface area (Å²) in [7, 11) is 0. The maximum absolute atomic E-state index is 12.5. The summed E-state index contributed by atoms with van der Waals surface area (Å²) in [5.41, 5.74) is 2.76. The van der Waals surface area contributed by atoms with Crippen LogP contribution in [-0.2, 0) is 11.3 Å². The van der Waals surface area contributed by atoms with Gasteiger partial charge >= 0.3 is 6.09 Å². The highest BCUT2D eigenvalue weighted by Gasteiger charge is 2.09. The molecule has 0 bridgehead atoms. The smallest absolute Gasteiger partial charge is 0.411 e. The SMILES string of the molecule is CC(C)COC(=O)Nc1cccc(NC(=O)c2ccc(Cn3ccnc3)cc2)c1. The summed E-state index contributed by atoms with van der Waals surface area (Å²) in [6, 6.07) is 14.3. The molecule has 29 heavy (non-hydrogen) atoms. The zero-order valence-corrected chi connectivity index (χ0v) is 16.5. The van der Waals surface area contributed by atoms with Crippen molar-refractivity contribution >= 4 is 23.4 Å². The molecule has 2 N–H and O–H groups in total. The fraction of sp³-hybridized carbons (Fsp3) is 0.227. The van der Waals surface area contributed by atoms with Crippen molar-refractivity contribution in [1.82, 2.24) is 9.55 Å². The summed E-state index contributed by atoms with van der Waals surface area (Å²) in [5.74, 6) is 0.0384. The number of aromatic nitrogens is 2. The van der Waals surface area contributed by atoms with Gasteiger partial charge in [-0.25, -0.2) is 9.78 Å². The zero-order chi connectivity index (χ0) is 20.6. The number of anilines is 2. The Labute approximate surface area is 169 Å². The van der Waals surface area contributed by atoms with Gasteiger partial charge in [0.15, 0.2) is 0 Å². The van der Waals surface area contributed by atoms with Crippen molar-refractivity contribution in [3.8, 4) is 0 Å². The van der Waals surface area contributed by atoms with Gasteiger partial charge in [-0.2, -0.15) is 0 Å². The number of hydrogen-bond acceptors (Lipinski definition) is 4. The number of rotatable bonds is 7. The number of ether oxygens (including phenoxy) is 1. The molecule has 0 aliphatic heterocycles. The number of hydrogen-bond donors (Lipinski definition) is 2. The standard InChI is InChI=1S/C22H24N4O3/c1-16(2)14-29-22(28)25-20-5-3-4-19(12-20)24-21(27)18-8-6-17(7-9-18)13-26-11-10-23-15-26/h3-12,15-16H,13-14H2,1-2H3,(H,24,27)(H,25,28). The summed E-state index contributed by atoms with van der Waals surface area (Å²) in [5, 5.41) is 5.50. The minimum atomic E-state index is -0.518. The summed E-state index contributed by atoms with van der Waals surface area (Å²) >= 11 is 0. The van der Waals surface area contributed by atoms with Gasteiger partial charge in [0.25, 0.3) is 5.91 Å². The van der Waals surface area contributed by atoms with E-state index in [1.807, 2.05) is 36.7 Å². The molecule has 0 unspecified atom stereocenters. The molecule has 2 amide bonds. The number of nitrogens with zero attached hydrogens (tertiary/aromatic N) is 2. The predicted octanol–water partition coefficient (Wildman–Crippen LogP) is 4.39. The monoisotopic (exact) mass is 392 g/mol. The molecule has 150 valence electrons. The topological polar surface area (TPSA) is 85.3 Å². The first-order valence-corrected chi connectivity index (χ1v) is 9.39. The van der Waals surface area contributed by atoms with E-state index in [2.05, 4.69) is 15.6 Å². The Bertz CT molecular complexity index is 950. The van der Waals surface area contributed by atoms with E-state index in [9.17, 15) is 9.59 Å². The Morgan fingerprint density at radius 3 is 2.45 bits per heavy atom. The molecular formula is C22H24N4O3. The second kappa shape index (κ2) is 9.54. The first kappa shape index (κ1) is 20.1. The van der Waals surface area contributed by atoms with Crippen LogP contribution in [0.2, 0.25) is 0 Å². The number of imidazole rings is 1. The van der Waals surface area contributed by atoms with Crippen molar-refractivity contribution in [2.24, 2.45) is 5.92 Å². The molecule has 0 spiro atoms. The van der Waals surface area contributed by atoms with Crippen LogP contribution in [0.15, 0.2) is 67.3 Å². The number of nitrogens with one attached hydrogen (secondary N) is 2. The third-order valence-electron chi connectivity index (χ3n) is 4.06. The number of carbonyl (C=O) groups excluding carboxylic acids is 2. The number of benzene rings is 2. The fourth-order valence-corrected chi connectivity index (χ4v) is 2.63. The number of carbonyl (C=O) groups is 2.